The minimum Gasteiger partial charge on any atom is -0.406 e. The van der Waals surface area contributed by atoms with Crippen molar-refractivity contribution in [3.05, 3.63) is 29.8 Å². The number of piperazine rings is 1. The minimum atomic E-state index is -4.67. The van der Waals surface area contributed by atoms with Crippen molar-refractivity contribution in [2.45, 2.75) is 40.1 Å². The van der Waals surface area contributed by atoms with Gasteiger partial charge in [-0.3, -0.25) is 9.69 Å². The van der Waals surface area contributed by atoms with Crippen molar-refractivity contribution in [2.24, 2.45) is 5.41 Å². The number of carbonyl (C=O) groups excluding carboxylic acids is 1. The summed E-state index contributed by atoms with van der Waals surface area (Å²) in [6, 6.07) is 5.93. The lowest BCUT2D eigenvalue weighted by Gasteiger charge is -2.38. The quantitative estimate of drug-likeness (QED) is 0.805. The molecule has 0 unspecified atom stereocenters. The fourth-order valence-corrected chi connectivity index (χ4v) is 2.74. The molecule has 0 N–H and O–H groups in total. The van der Waals surface area contributed by atoms with E-state index in [2.05, 4.69) is 9.64 Å². The fourth-order valence-electron chi connectivity index (χ4n) is 2.74. The maximum Gasteiger partial charge on any atom is 0.573 e. The summed E-state index contributed by atoms with van der Waals surface area (Å²) in [4.78, 5) is 16.6. The second-order valence-corrected chi connectivity index (χ2v) is 7.00. The van der Waals surface area contributed by atoms with Gasteiger partial charge in [-0.15, -0.1) is 13.2 Å². The van der Waals surface area contributed by atoms with Crippen LogP contribution in [0.25, 0.3) is 0 Å². The van der Waals surface area contributed by atoms with Crippen molar-refractivity contribution in [3.63, 3.8) is 0 Å². The molecule has 1 fully saturated rings. The Morgan fingerprint density at radius 1 is 1.08 bits per heavy atom. The van der Waals surface area contributed by atoms with Gasteiger partial charge in [0.25, 0.3) is 0 Å². The number of hydrogen-bond donors (Lipinski definition) is 0. The zero-order valence-corrected chi connectivity index (χ0v) is 14.9. The van der Waals surface area contributed by atoms with Crippen molar-refractivity contribution in [1.29, 1.82) is 0 Å². The number of carbonyl (C=O) groups is 1. The maximum absolute atomic E-state index is 12.5. The first-order chi connectivity index (χ1) is 11.6. The number of hydrogen-bond acceptors (Lipinski definition) is 3. The van der Waals surface area contributed by atoms with E-state index >= 15 is 0 Å². The molecule has 0 atom stereocenters. The highest BCUT2D eigenvalue weighted by molar-refractivity contribution is 5.82. The molecule has 1 saturated heterocycles. The Morgan fingerprint density at radius 3 is 2.12 bits per heavy atom. The van der Waals surface area contributed by atoms with Gasteiger partial charge in [0.05, 0.1) is 0 Å². The molecular weight excluding hydrogens is 333 g/mol. The van der Waals surface area contributed by atoms with Crippen LogP contribution in [-0.4, -0.2) is 48.2 Å². The average molecular weight is 358 g/mol. The Morgan fingerprint density at radius 2 is 1.64 bits per heavy atom. The van der Waals surface area contributed by atoms with E-state index in [0.29, 0.717) is 19.6 Å². The Labute approximate surface area is 146 Å². The van der Waals surface area contributed by atoms with Crippen LogP contribution in [0.1, 0.15) is 32.8 Å². The summed E-state index contributed by atoms with van der Waals surface area (Å²) in [5, 5.41) is 0. The first kappa shape index (κ1) is 19.6. The fraction of sp³-hybridized carbons (Fsp3) is 0.611. The molecule has 25 heavy (non-hydrogen) atoms. The lowest BCUT2D eigenvalue weighted by Crippen LogP contribution is -2.51. The van der Waals surface area contributed by atoms with Crippen LogP contribution in [0.4, 0.5) is 13.2 Å². The van der Waals surface area contributed by atoms with Crippen LogP contribution in [0.3, 0.4) is 0 Å². The van der Waals surface area contributed by atoms with Gasteiger partial charge in [-0.2, -0.15) is 0 Å². The summed E-state index contributed by atoms with van der Waals surface area (Å²) in [6.07, 6.45) is -3.87. The number of rotatable bonds is 5. The standard InChI is InChI=1S/C18H25F3N2O2/c1-4-17(2,3)16(24)23-11-9-22(10-12-23)13-14-5-7-15(8-6-14)25-18(19,20)21/h5-8H,4,9-13H2,1-3H3. The topological polar surface area (TPSA) is 32.8 Å². The van der Waals surface area contributed by atoms with Gasteiger partial charge in [0.1, 0.15) is 5.75 Å². The third kappa shape index (κ3) is 5.63. The number of nitrogens with zero attached hydrogens (tertiary/aromatic N) is 2. The van der Waals surface area contributed by atoms with Gasteiger partial charge < -0.3 is 9.64 Å². The molecule has 1 heterocycles. The zero-order chi connectivity index (χ0) is 18.7. The van der Waals surface area contributed by atoms with E-state index in [-0.39, 0.29) is 17.1 Å². The average Bonchev–Trinajstić information content (AvgIpc) is 2.55. The Balaban J connectivity index is 1.85. The molecule has 1 aliphatic heterocycles. The van der Waals surface area contributed by atoms with Gasteiger partial charge in [-0.1, -0.05) is 32.9 Å². The van der Waals surface area contributed by atoms with Crippen LogP contribution in [0, 0.1) is 5.41 Å². The Kier molecular flexibility index (Phi) is 5.98. The summed E-state index contributed by atoms with van der Waals surface area (Å²) >= 11 is 0. The second kappa shape index (κ2) is 7.64. The molecule has 0 saturated carbocycles. The summed E-state index contributed by atoms with van der Waals surface area (Å²) in [7, 11) is 0. The summed E-state index contributed by atoms with van der Waals surface area (Å²) in [5.41, 5.74) is 0.583. The molecule has 7 heteroatoms. The van der Waals surface area contributed by atoms with E-state index in [1.165, 1.54) is 12.1 Å². The van der Waals surface area contributed by atoms with Crippen LogP contribution in [-0.2, 0) is 11.3 Å². The van der Waals surface area contributed by atoms with Crippen molar-refractivity contribution < 1.29 is 22.7 Å². The largest absolute Gasteiger partial charge is 0.573 e. The van der Waals surface area contributed by atoms with Crippen LogP contribution in [0.2, 0.25) is 0 Å². The van der Waals surface area contributed by atoms with E-state index in [0.717, 1.165) is 25.1 Å². The van der Waals surface area contributed by atoms with E-state index in [1.807, 2.05) is 25.7 Å². The Bertz CT molecular complexity index is 577. The highest BCUT2D eigenvalue weighted by Gasteiger charge is 2.32. The van der Waals surface area contributed by atoms with Crippen molar-refractivity contribution >= 4 is 5.91 Å². The van der Waals surface area contributed by atoms with Crippen molar-refractivity contribution in [3.8, 4) is 5.75 Å². The predicted octanol–water partition coefficient (Wildman–Crippen LogP) is 3.67. The summed E-state index contributed by atoms with van der Waals surface area (Å²) in [6.45, 7) is 9.46. The van der Waals surface area contributed by atoms with Gasteiger partial charge in [-0.25, -0.2) is 0 Å². The number of halogens is 3. The molecule has 1 aromatic rings. The van der Waals surface area contributed by atoms with Crippen molar-refractivity contribution in [1.82, 2.24) is 9.80 Å². The van der Waals surface area contributed by atoms with Crippen LogP contribution in [0.15, 0.2) is 24.3 Å². The van der Waals surface area contributed by atoms with Gasteiger partial charge in [0.2, 0.25) is 5.91 Å². The molecule has 0 aromatic heterocycles. The highest BCUT2D eigenvalue weighted by atomic mass is 19.4. The molecule has 1 amide bonds. The lowest BCUT2D eigenvalue weighted by atomic mass is 9.88. The van der Waals surface area contributed by atoms with Crippen LogP contribution >= 0.6 is 0 Å². The van der Waals surface area contributed by atoms with Crippen LogP contribution in [0.5, 0.6) is 5.75 Å². The van der Waals surface area contributed by atoms with Crippen LogP contribution < -0.4 is 4.74 Å². The zero-order valence-electron chi connectivity index (χ0n) is 14.9. The molecular formula is C18H25F3N2O2. The first-order valence-corrected chi connectivity index (χ1v) is 8.47. The number of benzene rings is 1. The first-order valence-electron chi connectivity index (χ1n) is 8.47. The molecule has 1 aromatic carbocycles. The van der Waals surface area contributed by atoms with Gasteiger partial charge in [0.15, 0.2) is 0 Å². The lowest BCUT2D eigenvalue weighted by molar-refractivity contribution is -0.274. The number of amides is 1. The number of ether oxygens (including phenoxy) is 1. The molecule has 1 aliphatic rings. The summed E-state index contributed by atoms with van der Waals surface area (Å²) in [5.74, 6) is -0.0308. The summed E-state index contributed by atoms with van der Waals surface area (Å²) < 4.78 is 40.4. The molecule has 140 valence electrons. The van der Waals surface area contributed by atoms with Gasteiger partial charge in [0, 0.05) is 38.1 Å². The van der Waals surface area contributed by atoms with E-state index in [9.17, 15) is 18.0 Å². The second-order valence-electron chi connectivity index (χ2n) is 7.00. The molecule has 4 nitrogen and oxygen atoms in total. The molecule has 2 rings (SSSR count). The van der Waals surface area contributed by atoms with E-state index in [1.54, 1.807) is 12.1 Å². The third-order valence-corrected chi connectivity index (χ3v) is 4.69. The smallest absolute Gasteiger partial charge is 0.406 e. The van der Waals surface area contributed by atoms with E-state index in [4.69, 9.17) is 0 Å². The molecule has 0 spiro atoms. The third-order valence-electron chi connectivity index (χ3n) is 4.69. The SMILES string of the molecule is CCC(C)(C)C(=O)N1CCN(Cc2ccc(OC(F)(F)F)cc2)CC1. The number of alkyl halides is 3. The molecule has 0 aliphatic carbocycles. The predicted molar refractivity (Wildman–Crippen MR) is 89.1 cm³/mol. The Hall–Kier alpha value is -1.76. The highest BCUT2D eigenvalue weighted by Crippen LogP contribution is 2.25. The molecule has 0 bridgehead atoms. The maximum atomic E-state index is 12.5. The van der Waals surface area contributed by atoms with Gasteiger partial charge >= 0.3 is 6.36 Å². The van der Waals surface area contributed by atoms with E-state index < -0.39 is 6.36 Å². The minimum absolute atomic E-state index is 0.184. The normalized spacial score (nSPS) is 16.8. The molecule has 0 radical (unpaired) electrons. The van der Waals surface area contributed by atoms with Crippen molar-refractivity contribution in [2.75, 3.05) is 26.2 Å². The van der Waals surface area contributed by atoms with Gasteiger partial charge in [-0.05, 0) is 24.1 Å². The monoisotopic (exact) mass is 358 g/mol.